The fraction of sp³-hybridized carbons (Fsp3) is 0.941. The van der Waals surface area contributed by atoms with Crippen molar-refractivity contribution in [2.45, 2.75) is 26.2 Å². The molecule has 0 unspecified atom stereocenters. The molecule has 2 rings (SSSR count). The van der Waals surface area contributed by atoms with Crippen LogP contribution in [0, 0.1) is 5.92 Å². The van der Waals surface area contributed by atoms with Crippen molar-refractivity contribution >= 4 is 6.41 Å². The molecule has 0 radical (unpaired) electrons. The van der Waals surface area contributed by atoms with Gasteiger partial charge in [-0.3, -0.25) is 4.79 Å². The summed E-state index contributed by atoms with van der Waals surface area (Å²) in [6, 6.07) is 0. The van der Waals surface area contributed by atoms with Gasteiger partial charge in [0, 0.05) is 40.3 Å². The molecule has 5 nitrogen and oxygen atoms in total. The van der Waals surface area contributed by atoms with E-state index in [0.717, 1.165) is 12.3 Å². The predicted octanol–water partition coefficient (Wildman–Crippen LogP) is 1.06. The maximum Gasteiger partial charge on any atom is 0.209 e. The third-order valence-electron chi connectivity index (χ3n) is 4.81. The first-order valence-electron chi connectivity index (χ1n) is 8.80. The Hall–Kier alpha value is -0.650. The van der Waals surface area contributed by atoms with Crippen molar-refractivity contribution < 1.29 is 4.79 Å². The quantitative estimate of drug-likeness (QED) is 0.710. The van der Waals surface area contributed by atoms with Crippen LogP contribution < -0.4 is 0 Å². The summed E-state index contributed by atoms with van der Waals surface area (Å²) in [5.74, 6) is 0.998. The molecule has 0 spiro atoms. The van der Waals surface area contributed by atoms with Gasteiger partial charge in [-0.05, 0) is 58.4 Å². The maximum atomic E-state index is 9.43. The molecule has 2 heterocycles. The first-order valence-corrected chi connectivity index (χ1v) is 8.80. The van der Waals surface area contributed by atoms with E-state index in [4.69, 9.17) is 0 Å². The summed E-state index contributed by atoms with van der Waals surface area (Å²) in [4.78, 5) is 18.6. The zero-order chi connectivity index (χ0) is 16.4. The van der Waals surface area contributed by atoms with E-state index in [1.807, 2.05) is 0 Å². The minimum absolute atomic E-state index is 0.750. The van der Waals surface area contributed by atoms with Crippen LogP contribution in [0.1, 0.15) is 26.2 Å². The van der Waals surface area contributed by atoms with Gasteiger partial charge >= 0.3 is 0 Å². The molecule has 2 fully saturated rings. The Morgan fingerprint density at radius 1 is 1.00 bits per heavy atom. The van der Waals surface area contributed by atoms with E-state index in [9.17, 15) is 4.79 Å². The standard InChI is InChI=1S/C14H29N3.C3H7NO/c1-3-16-7-4-14(5-8-16)6-9-17-12-10-15(2)11-13-17;1-4(2)3-5/h14H,3-13H2,1-2H3;3H,1-2H3. The molecule has 5 heteroatoms. The van der Waals surface area contributed by atoms with E-state index in [2.05, 4.69) is 28.7 Å². The number of nitrogens with zero attached hydrogens (tertiary/aromatic N) is 4. The minimum atomic E-state index is 0.750. The van der Waals surface area contributed by atoms with E-state index in [1.165, 1.54) is 76.5 Å². The number of carbonyl (C=O) groups is 1. The van der Waals surface area contributed by atoms with Crippen LogP contribution in [0.5, 0.6) is 0 Å². The van der Waals surface area contributed by atoms with E-state index >= 15 is 0 Å². The summed E-state index contributed by atoms with van der Waals surface area (Å²) in [6.07, 6.45) is 5.05. The minimum Gasteiger partial charge on any atom is -0.351 e. The second-order valence-electron chi connectivity index (χ2n) is 6.88. The van der Waals surface area contributed by atoms with Crippen LogP contribution >= 0.6 is 0 Å². The van der Waals surface area contributed by atoms with Crippen molar-refractivity contribution in [2.24, 2.45) is 5.92 Å². The van der Waals surface area contributed by atoms with Gasteiger partial charge in [-0.15, -0.1) is 0 Å². The molecule has 2 aliphatic rings. The Morgan fingerprint density at radius 2 is 1.55 bits per heavy atom. The molecule has 22 heavy (non-hydrogen) atoms. The highest BCUT2D eigenvalue weighted by Crippen LogP contribution is 2.20. The molecular weight excluding hydrogens is 276 g/mol. The van der Waals surface area contributed by atoms with E-state index < -0.39 is 0 Å². The Bertz CT molecular complexity index is 282. The monoisotopic (exact) mass is 312 g/mol. The summed E-state index contributed by atoms with van der Waals surface area (Å²) in [5.41, 5.74) is 0. The van der Waals surface area contributed by atoms with Crippen molar-refractivity contribution in [1.29, 1.82) is 0 Å². The molecule has 1 amide bonds. The summed E-state index contributed by atoms with van der Waals surface area (Å²) in [6.45, 7) is 12.6. The van der Waals surface area contributed by atoms with Gasteiger partial charge in [-0.1, -0.05) is 6.92 Å². The number of likely N-dealkylation sites (N-methyl/N-ethyl adjacent to an activating group) is 1. The molecular formula is C17H36N4O. The zero-order valence-corrected chi connectivity index (χ0v) is 15.1. The number of piperidine rings is 1. The summed E-state index contributed by atoms with van der Waals surface area (Å²) in [5, 5.41) is 0. The van der Waals surface area contributed by atoms with Gasteiger partial charge in [-0.2, -0.15) is 0 Å². The van der Waals surface area contributed by atoms with Gasteiger partial charge in [0.25, 0.3) is 0 Å². The Labute approximate surface area is 137 Å². The lowest BCUT2D eigenvalue weighted by molar-refractivity contribution is -0.115. The first kappa shape index (κ1) is 19.4. The molecule has 0 bridgehead atoms. The van der Waals surface area contributed by atoms with Gasteiger partial charge < -0.3 is 19.6 Å². The summed E-state index contributed by atoms with van der Waals surface area (Å²) >= 11 is 0. The number of hydrogen-bond donors (Lipinski definition) is 0. The number of rotatable bonds is 5. The number of likely N-dealkylation sites (tertiary alicyclic amines) is 1. The third kappa shape index (κ3) is 8.11. The van der Waals surface area contributed by atoms with Gasteiger partial charge in [0.05, 0.1) is 0 Å². The van der Waals surface area contributed by atoms with Crippen LogP contribution in [-0.2, 0) is 4.79 Å². The van der Waals surface area contributed by atoms with E-state index in [0.29, 0.717) is 0 Å². The highest BCUT2D eigenvalue weighted by molar-refractivity contribution is 5.45. The topological polar surface area (TPSA) is 30.0 Å². The van der Waals surface area contributed by atoms with Crippen molar-refractivity contribution in [3.05, 3.63) is 0 Å². The fourth-order valence-electron chi connectivity index (χ4n) is 3.03. The van der Waals surface area contributed by atoms with E-state index in [1.54, 1.807) is 14.1 Å². The van der Waals surface area contributed by atoms with Crippen LogP contribution in [0.25, 0.3) is 0 Å². The molecule has 130 valence electrons. The Kier molecular flexibility index (Phi) is 9.68. The highest BCUT2D eigenvalue weighted by atomic mass is 16.1. The normalized spacial score (nSPS) is 22.0. The lowest BCUT2D eigenvalue weighted by Crippen LogP contribution is -2.45. The Morgan fingerprint density at radius 3 is 2.00 bits per heavy atom. The molecule has 0 aromatic rings. The third-order valence-corrected chi connectivity index (χ3v) is 4.81. The molecule has 0 aromatic heterocycles. The molecule has 2 saturated heterocycles. The van der Waals surface area contributed by atoms with Gasteiger partial charge in [0.2, 0.25) is 6.41 Å². The van der Waals surface area contributed by atoms with E-state index in [-0.39, 0.29) is 0 Å². The second kappa shape index (κ2) is 11.0. The first-order chi connectivity index (χ1) is 10.5. The molecule has 0 atom stereocenters. The van der Waals surface area contributed by atoms with Crippen molar-refractivity contribution in [2.75, 3.05) is 73.5 Å². The maximum absolute atomic E-state index is 9.43. The smallest absolute Gasteiger partial charge is 0.209 e. The van der Waals surface area contributed by atoms with Crippen molar-refractivity contribution in [1.82, 2.24) is 19.6 Å². The number of amides is 1. The van der Waals surface area contributed by atoms with Gasteiger partial charge in [0.1, 0.15) is 0 Å². The molecule has 0 saturated carbocycles. The van der Waals surface area contributed by atoms with Crippen LogP contribution in [0.15, 0.2) is 0 Å². The van der Waals surface area contributed by atoms with Crippen LogP contribution in [0.2, 0.25) is 0 Å². The number of piperazine rings is 1. The van der Waals surface area contributed by atoms with Crippen molar-refractivity contribution in [3.63, 3.8) is 0 Å². The summed E-state index contributed by atoms with van der Waals surface area (Å²) < 4.78 is 0. The van der Waals surface area contributed by atoms with Crippen LogP contribution in [0.4, 0.5) is 0 Å². The van der Waals surface area contributed by atoms with Crippen LogP contribution in [-0.4, -0.2) is 99.5 Å². The van der Waals surface area contributed by atoms with Crippen LogP contribution in [0.3, 0.4) is 0 Å². The molecule has 2 aliphatic heterocycles. The number of hydrogen-bond acceptors (Lipinski definition) is 4. The average molecular weight is 313 g/mol. The average Bonchev–Trinajstić information content (AvgIpc) is 2.55. The summed E-state index contributed by atoms with van der Waals surface area (Å²) in [7, 11) is 5.61. The van der Waals surface area contributed by atoms with Gasteiger partial charge in [-0.25, -0.2) is 0 Å². The molecule has 0 aliphatic carbocycles. The lowest BCUT2D eigenvalue weighted by Gasteiger charge is -2.35. The lowest BCUT2D eigenvalue weighted by atomic mass is 9.93. The fourth-order valence-corrected chi connectivity index (χ4v) is 3.03. The largest absolute Gasteiger partial charge is 0.351 e. The molecule has 0 N–H and O–H groups in total. The predicted molar refractivity (Wildman–Crippen MR) is 93.1 cm³/mol. The second-order valence-corrected chi connectivity index (χ2v) is 6.88. The highest BCUT2D eigenvalue weighted by Gasteiger charge is 2.20. The molecule has 0 aromatic carbocycles. The Balaban J connectivity index is 0.000000422. The number of carbonyl (C=O) groups excluding carboxylic acids is 1. The van der Waals surface area contributed by atoms with Crippen molar-refractivity contribution in [3.8, 4) is 0 Å². The SMILES string of the molecule is CCN1CCC(CCN2CCN(C)CC2)CC1.CN(C)C=O. The zero-order valence-electron chi connectivity index (χ0n) is 15.1. The van der Waals surface area contributed by atoms with Gasteiger partial charge in [0.15, 0.2) is 0 Å².